The average molecular weight is 492 g/mol. The van der Waals surface area contributed by atoms with E-state index >= 15 is 0 Å². The topological polar surface area (TPSA) is 87.7 Å². The van der Waals surface area contributed by atoms with Crippen molar-refractivity contribution in [2.75, 3.05) is 0 Å². The van der Waals surface area contributed by atoms with E-state index in [9.17, 15) is 0 Å². The van der Waals surface area contributed by atoms with Crippen molar-refractivity contribution in [1.29, 1.82) is 0 Å². The van der Waals surface area contributed by atoms with Gasteiger partial charge in [-0.05, 0) is 30.3 Å². The SMILES string of the molecule is c1cc(-n2c3cncnc3c3c4ccccc4oc32)cc(-n2c3cncnc3c3c4ccccc4oc32)c1. The fourth-order valence-corrected chi connectivity index (χ4v) is 5.70. The van der Waals surface area contributed by atoms with E-state index in [4.69, 9.17) is 8.83 Å². The lowest BCUT2D eigenvalue weighted by atomic mass is 10.2. The van der Waals surface area contributed by atoms with Gasteiger partial charge in [0.2, 0.25) is 11.4 Å². The summed E-state index contributed by atoms with van der Waals surface area (Å²) in [5.41, 5.74) is 8.38. The first-order valence-electron chi connectivity index (χ1n) is 12.2. The third-order valence-electron chi connectivity index (χ3n) is 7.25. The second kappa shape index (κ2) is 7.04. The van der Waals surface area contributed by atoms with Crippen molar-refractivity contribution in [3.8, 4) is 11.4 Å². The molecule has 0 bridgehead atoms. The van der Waals surface area contributed by atoms with Gasteiger partial charge in [0, 0.05) is 10.8 Å². The number of rotatable bonds is 2. The predicted octanol–water partition coefficient (Wildman–Crippen LogP) is 6.95. The van der Waals surface area contributed by atoms with Crippen molar-refractivity contribution in [2.45, 2.75) is 0 Å². The molecular formula is C30H16N6O2. The van der Waals surface area contributed by atoms with Gasteiger partial charge in [-0.15, -0.1) is 0 Å². The zero-order valence-corrected chi connectivity index (χ0v) is 19.7. The number of fused-ring (bicyclic) bond motifs is 10. The van der Waals surface area contributed by atoms with Gasteiger partial charge in [-0.25, -0.2) is 19.9 Å². The van der Waals surface area contributed by atoms with Crippen LogP contribution in [0.4, 0.5) is 0 Å². The molecule has 0 N–H and O–H groups in total. The van der Waals surface area contributed by atoms with E-state index in [1.54, 1.807) is 12.7 Å². The monoisotopic (exact) mass is 492 g/mol. The van der Waals surface area contributed by atoms with Crippen LogP contribution in [0.3, 0.4) is 0 Å². The van der Waals surface area contributed by atoms with Crippen LogP contribution in [0.25, 0.3) is 77.6 Å². The molecule has 0 spiro atoms. The second-order valence-electron chi connectivity index (χ2n) is 9.26. The molecule has 9 aromatic rings. The van der Waals surface area contributed by atoms with Gasteiger partial charge in [0.05, 0.1) is 45.6 Å². The van der Waals surface area contributed by atoms with Crippen molar-refractivity contribution in [1.82, 2.24) is 29.1 Å². The van der Waals surface area contributed by atoms with Gasteiger partial charge >= 0.3 is 0 Å². The Morgan fingerprint density at radius 3 is 1.58 bits per heavy atom. The smallest absolute Gasteiger partial charge is 0.215 e. The number of furan rings is 2. The molecule has 8 heteroatoms. The molecule has 6 aromatic heterocycles. The van der Waals surface area contributed by atoms with Crippen LogP contribution in [0.5, 0.6) is 0 Å². The lowest BCUT2D eigenvalue weighted by molar-refractivity contribution is 0.644. The third kappa shape index (κ3) is 2.43. The highest BCUT2D eigenvalue weighted by Crippen LogP contribution is 2.40. The highest BCUT2D eigenvalue weighted by molar-refractivity contribution is 6.19. The van der Waals surface area contributed by atoms with Crippen LogP contribution in [0.2, 0.25) is 0 Å². The van der Waals surface area contributed by atoms with Crippen LogP contribution in [-0.2, 0) is 0 Å². The number of hydrogen-bond acceptors (Lipinski definition) is 6. The summed E-state index contributed by atoms with van der Waals surface area (Å²) in [5, 5.41) is 4.00. The highest BCUT2D eigenvalue weighted by Gasteiger charge is 2.23. The standard InChI is InChI=1S/C30H16N6O2/c1-3-10-23-19(8-1)25-27-21(13-31-15-33-27)35(29(25)37-23)17-6-5-7-18(12-17)36-22-14-32-16-34-28(22)26-20-9-2-4-11-24(20)38-30(26)36/h1-16H. The summed E-state index contributed by atoms with van der Waals surface area (Å²) in [4.78, 5) is 17.9. The number of hydrogen-bond donors (Lipinski definition) is 0. The molecule has 3 aromatic carbocycles. The van der Waals surface area contributed by atoms with Crippen LogP contribution >= 0.6 is 0 Å². The lowest BCUT2D eigenvalue weighted by Gasteiger charge is -2.10. The molecule has 0 fully saturated rings. The fraction of sp³-hybridized carbons (Fsp3) is 0. The van der Waals surface area contributed by atoms with E-state index in [0.717, 1.165) is 77.6 Å². The van der Waals surface area contributed by atoms with Gasteiger partial charge in [0.1, 0.15) is 34.9 Å². The third-order valence-corrected chi connectivity index (χ3v) is 7.25. The maximum absolute atomic E-state index is 6.38. The molecule has 0 saturated heterocycles. The van der Waals surface area contributed by atoms with E-state index < -0.39 is 0 Å². The molecule has 0 amide bonds. The summed E-state index contributed by atoms with van der Waals surface area (Å²) in [6, 6.07) is 24.3. The first-order valence-corrected chi connectivity index (χ1v) is 12.2. The average Bonchev–Trinajstić information content (AvgIpc) is 3.69. The van der Waals surface area contributed by atoms with Crippen LogP contribution in [-0.4, -0.2) is 29.1 Å². The summed E-state index contributed by atoms with van der Waals surface area (Å²) in [7, 11) is 0. The zero-order chi connectivity index (χ0) is 24.8. The number of nitrogens with zero attached hydrogens (tertiary/aromatic N) is 6. The summed E-state index contributed by atoms with van der Waals surface area (Å²) in [6.45, 7) is 0. The molecule has 0 atom stereocenters. The first kappa shape index (κ1) is 19.7. The summed E-state index contributed by atoms with van der Waals surface area (Å²) in [6.07, 6.45) is 6.81. The Morgan fingerprint density at radius 2 is 1.05 bits per heavy atom. The highest BCUT2D eigenvalue weighted by atomic mass is 16.3. The van der Waals surface area contributed by atoms with Gasteiger partial charge in [-0.2, -0.15) is 0 Å². The minimum Gasteiger partial charge on any atom is -0.439 e. The van der Waals surface area contributed by atoms with E-state index in [0.29, 0.717) is 0 Å². The molecule has 0 aliphatic rings. The van der Waals surface area contributed by atoms with Gasteiger partial charge in [0.15, 0.2) is 0 Å². The Labute approximate surface area is 213 Å². The van der Waals surface area contributed by atoms with E-state index in [-0.39, 0.29) is 0 Å². The molecule has 0 unspecified atom stereocenters. The van der Waals surface area contributed by atoms with Gasteiger partial charge in [-0.3, -0.25) is 9.13 Å². The zero-order valence-electron chi connectivity index (χ0n) is 19.7. The van der Waals surface area contributed by atoms with E-state index in [1.165, 1.54) is 0 Å². The Balaban J connectivity index is 1.37. The molecule has 9 rings (SSSR count). The predicted molar refractivity (Wildman–Crippen MR) is 146 cm³/mol. The first-order chi connectivity index (χ1) is 18.9. The largest absolute Gasteiger partial charge is 0.439 e. The van der Waals surface area contributed by atoms with Crippen molar-refractivity contribution in [3.05, 3.63) is 97.8 Å². The van der Waals surface area contributed by atoms with Gasteiger partial charge in [-0.1, -0.05) is 42.5 Å². The van der Waals surface area contributed by atoms with Crippen molar-refractivity contribution >= 4 is 66.2 Å². The number of aromatic nitrogens is 6. The molecule has 0 aliphatic carbocycles. The molecule has 38 heavy (non-hydrogen) atoms. The Morgan fingerprint density at radius 1 is 0.553 bits per heavy atom. The normalized spacial score (nSPS) is 12.2. The maximum Gasteiger partial charge on any atom is 0.215 e. The summed E-state index contributed by atoms with van der Waals surface area (Å²) in [5.74, 6) is 0. The molecular weight excluding hydrogens is 476 g/mol. The molecule has 0 aliphatic heterocycles. The van der Waals surface area contributed by atoms with E-state index in [1.807, 2.05) is 54.9 Å². The van der Waals surface area contributed by atoms with Gasteiger partial charge < -0.3 is 8.83 Å². The quantitative estimate of drug-likeness (QED) is 0.259. The molecule has 6 heterocycles. The summed E-state index contributed by atoms with van der Waals surface area (Å²) < 4.78 is 16.9. The number of benzene rings is 3. The van der Waals surface area contributed by atoms with Crippen LogP contribution in [0, 0.1) is 0 Å². The lowest BCUT2D eigenvalue weighted by Crippen LogP contribution is -1.98. The number of para-hydroxylation sites is 2. The van der Waals surface area contributed by atoms with Crippen LogP contribution in [0.1, 0.15) is 0 Å². The molecule has 8 nitrogen and oxygen atoms in total. The van der Waals surface area contributed by atoms with Crippen LogP contribution in [0.15, 0.2) is 107 Å². The van der Waals surface area contributed by atoms with Crippen LogP contribution < -0.4 is 0 Å². The van der Waals surface area contributed by atoms with Crippen molar-refractivity contribution in [2.24, 2.45) is 0 Å². The van der Waals surface area contributed by atoms with Crippen molar-refractivity contribution < 1.29 is 8.83 Å². The maximum atomic E-state index is 6.38. The Bertz CT molecular complexity index is 2210. The molecule has 0 radical (unpaired) electrons. The minimum atomic E-state index is 0.730. The molecule has 0 saturated carbocycles. The summed E-state index contributed by atoms with van der Waals surface area (Å²) >= 11 is 0. The second-order valence-corrected chi connectivity index (χ2v) is 9.26. The fourth-order valence-electron chi connectivity index (χ4n) is 5.70. The van der Waals surface area contributed by atoms with Crippen molar-refractivity contribution in [3.63, 3.8) is 0 Å². The Hall–Kier alpha value is -5.50. The molecule has 178 valence electrons. The Kier molecular flexibility index (Phi) is 3.64. The van der Waals surface area contributed by atoms with Gasteiger partial charge in [0.25, 0.3) is 0 Å². The van der Waals surface area contributed by atoms with E-state index in [2.05, 4.69) is 59.4 Å². The minimum absolute atomic E-state index is 0.730.